The number of rotatable bonds is 4. The van der Waals surface area contributed by atoms with E-state index >= 15 is 0 Å². The first-order valence-corrected chi connectivity index (χ1v) is 7.70. The van der Waals surface area contributed by atoms with Gasteiger partial charge in [-0.25, -0.2) is 4.39 Å². The molecule has 2 N–H and O–H groups in total. The summed E-state index contributed by atoms with van der Waals surface area (Å²) in [4.78, 5) is 27.0. The van der Waals surface area contributed by atoms with Gasteiger partial charge in [0.25, 0.3) is 5.56 Å². The number of benzene rings is 2. The van der Waals surface area contributed by atoms with Gasteiger partial charge in [0, 0.05) is 17.7 Å². The van der Waals surface area contributed by atoms with E-state index in [1.165, 1.54) is 24.3 Å². The van der Waals surface area contributed by atoms with Crippen LogP contribution in [0.1, 0.15) is 17.5 Å². The Morgan fingerprint density at radius 3 is 2.67 bits per heavy atom. The Morgan fingerprint density at radius 2 is 1.92 bits per heavy atom. The second-order valence-electron chi connectivity index (χ2n) is 5.72. The number of hydrogen-bond donors (Lipinski definition) is 2. The molecule has 122 valence electrons. The highest BCUT2D eigenvalue weighted by atomic mass is 19.1. The molecule has 0 fully saturated rings. The first kappa shape index (κ1) is 15.9. The molecule has 0 bridgehead atoms. The van der Waals surface area contributed by atoms with Crippen LogP contribution >= 0.6 is 0 Å². The molecule has 0 saturated carbocycles. The zero-order chi connectivity index (χ0) is 17.1. The minimum atomic E-state index is -0.356. The number of pyridine rings is 1. The second-order valence-corrected chi connectivity index (χ2v) is 5.72. The van der Waals surface area contributed by atoms with Crippen LogP contribution in [0.15, 0.2) is 53.3 Å². The van der Waals surface area contributed by atoms with Crippen molar-refractivity contribution in [3.63, 3.8) is 0 Å². The van der Waals surface area contributed by atoms with Crippen LogP contribution in [-0.4, -0.2) is 10.9 Å². The number of nitrogens with one attached hydrogen (secondary N) is 2. The average molecular weight is 324 g/mol. The number of aryl methyl sites for hydroxylation is 2. The summed E-state index contributed by atoms with van der Waals surface area (Å²) in [6.45, 7) is 1.94. The molecule has 0 atom stereocenters. The van der Waals surface area contributed by atoms with E-state index in [9.17, 15) is 14.0 Å². The molecule has 1 amide bonds. The molecule has 0 aliphatic heterocycles. The molecule has 3 rings (SSSR count). The van der Waals surface area contributed by atoms with Gasteiger partial charge in [0.2, 0.25) is 5.91 Å². The van der Waals surface area contributed by atoms with Crippen molar-refractivity contribution in [2.45, 2.75) is 19.8 Å². The van der Waals surface area contributed by atoms with E-state index in [-0.39, 0.29) is 23.7 Å². The highest BCUT2D eigenvalue weighted by Gasteiger charge is 2.08. The number of H-pyrrole nitrogens is 1. The van der Waals surface area contributed by atoms with E-state index in [0.29, 0.717) is 17.7 Å². The summed E-state index contributed by atoms with van der Waals surface area (Å²) >= 11 is 0. The molecule has 5 heteroatoms. The lowest BCUT2D eigenvalue weighted by Gasteiger charge is -2.07. The third-order valence-electron chi connectivity index (χ3n) is 3.91. The molecule has 2 aromatic carbocycles. The number of carbonyl (C=O) groups excluding carboxylic acids is 1. The number of aromatic amines is 1. The number of fused-ring (bicyclic) bond motifs is 1. The summed E-state index contributed by atoms with van der Waals surface area (Å²) < 4.78 is 12.8. The largest absolute Gasteiger partial charge is 0.326 e. The molecule has 0 unspecified atom stereocenters. The zero-order valence-corrected chi connectivity index (χ0v) is 13.2. The molecular weight excluding hydrogens is 307 g/mol. The van der Waals surface area contributed by atoms with Gasteiger partial charge in [0.1, 0.15) is 5.82 Å². The van der Waals surface area contributed by atoms with Gasteiger partial charge in [-0.2, -0.15) is 0 Å². The maximum absolute atomic E-state index is 12.8. The van der Waals surface area contributed by atoms with Crippen molar-refractivity contribution in [2.75, 3.05) is 5.32 Å². The predicted octanol–water partition coefficient (Wildman–Crippen LogP) is 3.55. The van der Waals surface area contributed by atoms with Gasteiger partial charge < -0.3 is 10.3 Å². The van der Waals surface area contributed by atoms with Crippen LogP contribution < -0.4 is 10.9 Å². The van der Waals surface area contributed by atoms with Crippen molar-refractivity contribution in [1.29, 1.82) is 0 Å². The SMILES string of the molecule is Cc1cccc2cc(CCC(=O)Nc3ccc(F)cc3)c(=O)[nH]c12. The van der Waals surface area contributed by atoms with Gasteiger partial charge >= 0.3 is 0 Å². The summed E-state index contributed by atoms with van der Waals surface area (Å²) in [5.74, 6) is -0.573. The fourth-order valence-corrected chi connectivity index (χ4v) is 2.62. The Hall–Kier alpha value is -2.95. The predicted molar refractivity (Wildman–Crippen MR) is 92.7 cm³/mol. The molecule has 0 spiro atoms. The first-order chi connectivity index (χ1) is 11.5. The maximum Gasteiger partial charge on any atom is 0.251 e. The Balaban J connectivity index is 1.71. The van der Waals surface area contributed by atoms with Crippen LogP contribution in [0.5, 0.6) is 0 Å². The third-order valence-corrected chi connectivity index (χ3v) is 3.91. The summed E-state index contributed by atoms with van der Waals surface area (Å²) in [7, 11) is 0. The van der Waals surface area contributed by atoms with Crippen LogP contribution in [0.2, 0.25) is 0 Å². The molecule has 0 radical (unpaired) electrons. The number of hydrogen-bond acceptors (Lipinski definition) is 2. The van der Waals surface area contributed by atoms with Crippen molar-refractivity contribution >= 4 is 22.5 Å². The van der Waals surface area contributed by atoms with Gasteiger partial charge in [-0.15, -0.1) is 0 Å². The van der Waals surface area contributed by atoms with Gasteiger partial charge in [-0.05, 0) is 54.6 Å². The topological polar surface area (TPSA) is 62.0 Å². The van der Waals surface area contributed by atoms with Gasteiger partial charge in [-0.1, -0.05) is 18.2 Å². The molecule has 1 heterocycles. The lowest BCUT2D eigenvalue weighted by molar-refractivity contribution is -0.116. The minimum Gasteiger partial charge on any atom is -0.326 e. The Kier molecular flexibility index (Phi) is 4.42. The molecule has 24 heavy (non-hydrogen) atoms. The van der Waals surface area contributed by atoms with Crippen molar-refractivity contribution < 1.29 is 9.18 Å². The first-order valence-electron chi connectivity index (χ1n) is 7.70. The van der Waals surface area contributed by atoms with Crippen molar-refractivity contribution in [3.8, 4) is 0 Å². The van der Waals surface area contributed by atoms with Crippen molar-refractivity contribution in [3.05, 3.63) is 75.8 Å². The van der Waals surface area contributed by atoms with Gasteiger partial charge in [-0.3, -0.25) is 9.59 Å². The van der Waals surface area contributed by atoms with Gasteiger partial charge in [0.05, 0.1) is 5.52 Å². The Bertz CT molecular complexity index is 946. The average Bonchev–Trinajstić information content (AvgIpc) is 2.56. The second kappa shape index (κ2) is 6.66. The van der Waals surface area contributed by atoms with Crippen LogP contribution in [-0.2, 0) is 11.2 Å². The number of para-hydroxylation sites is 1. The molecule has 0 saturated heterocycles. The normalized spacial score (nSPS) is 10.8. The lowest BCUT2D eigenvalue weighted by atomic mass is 10.1. The minimum absolute atomic E-state index is 0.175. The van der Waals surface area contributed by atoms with Crippen LogP contribution in [0.3, 0.4) is 0 Å². The molecule has 0 aliphatic carbocycles. The standard InChI is InChI=1S/C19H17FN2O2/c1-12-3-2-4-13-11-14(19(24)22-18(12)13)5-10-17(23)21-16-8-6-15(20)7-9-16/h2-4,6-9,11H,5,10H2,1H3,(H,21,23)(H,22,24). The summed E-state index contributed by atoms with van der Waals surface area (Å²) in [6.07, 6.45) is 0.518. The highest BCUT2D eigenvalue weighted by Crippen LogP contribution is 2.16. The fraction of sp³-hybridized carbons (Fsp3) is 0.158. The number of halogens is 1. The fourth-order valence-electron chi connectivity index (χ4n) is 2.62. The number of amides is 1. The van der Waals surface area contributed by atoms with E-state index < -0.39 is 0 Å². The van der Waals surface area contributed by atoms with E-state index in [4.69, 9.17) is 0 Å². The third kappa shape index (κ3) is 3.51. The van der Waals surface area contributed by atoms with E-state index in [2.05, 4.69) is 10.3 Å². The van der Waals surface area contributed by atoms with Crippen LogP contribution in [0.4, 0.5) is 10.1 Å². The number of aromatic nitrogens is 1. The lowest BCUT2D eigenvalue weighted by Crippen LogP contribution is -2.17. The van der Waals surface area contributed by atoms with Crippen molar-refractivity contribution in [1.82, 2.24) is 4.98 Å². The van der Waals surface area contributed by atoms with Gasteiger partial charge in [0.15, 0.2) is 0 Å². The Labute approximate surface area is 138 Å². The van der Waals surface area contributed by atoms with Crippen LogP contribution in [0.25, 0.3) is 10.9 Å². The summed E-state index contributed by atoms with van der Waals surface area (Å²) in [5, 5.41) is 3.64. The highest BCUT2D eigenvalue weighted by molar-refractivity contribution is 5.91. The van der Waals surface area contributed by atoms with E-state index in [1.54, 1.807) is 0 Å². The molecule has 4 nitrogen and oxygen atoms in total. The molecule has 0 aliphatic rings. The van der Waals surface area contributed by atoms with Crippen molar-refractivity contribution in [2.24, 2.45) is 0 Å². The van der Waals surface area contributed by atoms with Crippen LogP contribution in [0, 0.1) is 12.7 Å². The number of carbonyl (C=O) groups is 1. The monoisotopic (exact) mass is 324 g/mol. The number of anilines is 1. The maximum atomic E-state index is 12.8. The van der Waals surface area contributed by atoms with E-state index in [1.807, 2.05) is 31.2 Å². The molecular formula is C19H17FN2O2. The summed E-state index contributed by atoms with van der Waals surface area (Å²) in [6, 6.07) is 13.2. The molecule has 1 aromatic heterocycles. The summed E-state index contributed by atoms with van der Waals surface area (Å²) in [5.41, 5.74) is 2.76. The zero-order valence-electron chi connectivity index (χ0n) is 13.2. The Morgan fingerprint density at radius 1 is 1.17 bits per heavy atom. The quantitative estimate of drug-likeness (QED) is 0.771. The molecule has 3 aromatic rings. The van der Waals surface area contributed by atoms with E-state index in [0.717, 1.165) is 16.5 Å². The smallest absolute Gasteiger partial charge is 0.251 e.